The fourth-order valence-electron chi connectivity index (χ4n) is 4.23. The number of sulfone groups is 1. The number of aromatic amines is 1. The quantitative estimate of drug-likeness (QED) is 0.829. The molecule has 4 rings (SSSR count). The first-order valence-corrected chi connectivity index (χ1v) is 10.7. The number of carboxylic acid groups (broad SMARTS) is 1. The molecule has 2 unspecified atom stereocenters. The number of benzene rings is 1. The molecule has 0 saturated carbocycles. The highest BCUT2D eigenvalue weighted by atomic mass is 32.2. The predicted molar refractivity (Wildman–Crippen MR) is 98.9 cm³/mol. The number of para-hydroxylation sites is 1. The molecule has 2 saturated heterocycles. The average molecular weight is 377 g/mol. The normalized spacial score (nSPS) is 25.5. The number of carboxylic acids is 1. The van der Waals surface area contributed by atoms with E-state index in [9.17, 15) is 18.3 Å². The Morgan fingerprint density at radius 2 is 1.92 bits per heavy atom. The summed E-state index contributed by atoms with van der Waals surface area (Å²) >= 11 is 0. The second-order valence-corrected chi connectivity index (χ2v) is 9.39. The molecule has 0 spiro atoms. The lowest BCUT2D eigenvalue weighted by atomic mass is 10.0. The van der Waals surface area contributed by atoms with Gasteiger partial charge in [-0.15, -0.1) is 0 Å². The van der Waals surface area contributed by atoms with Crippen LogP contribution in [0.25, 0.3) is 10.9 Å². The molecule has 3 heterocycles. The number of H-pyrrole nitrogens is 1. The Morgan fingerprint density at radius 1 is 1.19 bits per heavy atom. The Labute approximate surface area is 152 Å². The van der Waals surface area contributed by atoms with Crippen LogP contribution in [0.3, 0.4) is 0 Å². The molecule has 8 heteroatoms. The van der Waals surface area contributed by atoms with Crippen LogP contribution in [-0.2, 0) is 14.6 Å². The van der Waals surface area contributed by atoms with Crippen molar-refractivity contribution in [2.75, 3.05) is 37.7 Å². The first-order valence-electron chi connectivity index (χ1n) is 8.92. The third-order valence-corrected chi connectivity index (χ3v) is 7.34. The summed E-state index contributed by atoms with van der Waals surface area (Å²) in [5.41, 5.74) is 1.72. The number of hydrogen-bond donors (Lipinski definition) is 2. The number of nitrogens with one attached hydrogen (secondary N) is 1. The van der Waals surface area contributed by atoms with Crippen LogP contribution in [0.2, 0.25) is 0 Å². The zero-order valence-electron chi connectivity index (χ0n) is 14.5. The third-order valence-electron chi connectivity index (χ3n) is 5.59. The third kappa shape index (κ3) is 3.24. The summed E-state index contributed by atoms with van der Waals surface area (Å²) in [5.74, 6) is -0.352. The van der Waals surface area contributed by atoms with Gasteiger partial charge in [-0.25, -0.2) is 8.42 Å². The minimum absolute atomic E-state index is 0.0820. The van der Waals surface area contributed by atoms with Crippen LogP contribution in [0.15, 0.2) is 30.5 Å². The summed E-state index contributed by atoms with van der Waals surface area (Å²) in [5, 5.41) is 10.8. The maximum Gasteiger partial charge on any atom is 0.325 e. The molecule has 2 atom stereocenters. The maximum atomic E-state index is 12.0. The number of carbonyl (C=O) groups is 1. The Morgan fingerprint density at radius 3 is 2.58 bits per heavy atom. The van der Waals surface area contributed by atoms with Crippen LogP contribution in [0, 0.1) is 0 Å². The van der Waals surface area contributed by atoms with Gasteiger partial charge in [0.2, 0.25) is 0 Å². The molecule has 1 aromatic heterocycles. The van der Waals surface area contributed by atoms with Crippen LogP contribution in [0.4, 0.5) is 0 Å². The summed E-state index contributed by atoms with van der Waals surface area (Å²) in [6, 6.07) is 7.11. The summed E-state index contributed by atoms with van der Waals surface area (Å²) < 4.78 is 23.4. The van der Waals surface area contributed by atoms with E-state index < -0.39 is 21.8 Å². The van der Waals surface area contributed by atoms with E-state index in [2.05, 4.69) is 9.88 Å². The Balaban J connectivity index is 1.50. The molecule has 7 nitrogen and oxygen atoms in total. The van der Waals surface area contributed by atoms with Crippen LogP contribution >= 0.6 is 0 Å². The molecule has 2 aromatic rings. The molecular weight excluding hydrogens is 354 g/mol. The number of aromatic nitrogens is 1. The monoisotopic (exact) mass is 377 g/mol. The molecule has 140 valence electrons. The zero-order valence-corrected chi connectivity index (χ0v) is 15.3. The van der Waals surface area contributed by atoms with Gasteiger partial charge in [-0.3, -0.25) is 14.6 Å². The maximum absolute atomic E-state index is 12.0. The van der Waals surface area contributed by atoms with Crippen molar-refractivity contribution in [2.24, 2.45) is 0 Å². The van der Waals surface area contributed by atoms with Gasteiger partial charge in [-0.2, -0.15) is 0 Å². The SMILES string of the molecule is O=C(O)C(c1c[nH]c2ccccc12)N1CCN(C2CCS(=O)(=O)C2)CC1. The summed E-state index contributed by atoms with van der Waals surface area (Å²) in [7, 11) is -2.90. The van der Waals surface area contributed by atoms with Crippen molar-refractivity contribution in [3.63, 3.8) is 0 Å². The van der Waals surface area contributed by atoms with Gasteiger partial charge in [-0.05, 0) is 12.5 Å². The molecule has 0 radical (unpaired) electrons. The van der Waals surface area contributed by atoms with Gasteiger partial charge in [0.25, 0.3) is 0 Å². The number of hydrogen-bond acceptors (Lipinski definition) is 5. The average Bonchev–Trinajstić information content (AvgIpc) is 3.19. The number of fused-ring (bicyclic) bond motifs is 1. The minimum Gasteiger partial charge on any atom is -0.480 e. The lowest BCUT2D eigenvalue weighted by molar-refractivity contribution is -0.144. The van der Waals surface area contributed by atoms with Crippen LogP contribution in [-0.4, -0.2) is 78.0 Å². The van der Waals surface area contributed by atoms with Gasteiger partial charge in [0.05, 0.1) is 11.5 Å². The molecule has 26 heavy (non-hydrogen) atoms. The second kappa shape index (κ2) is 6.68. The fraction of sp³-hybridized carbons (Fsp3) is 0.500. The first kappa shape index (κ1) is 17.5. The van der Waals surface area contributed by atoms with Gasteiger partial charge >= 0.3 is 5.97 Å². The van der Waals surface area contributed by atoms with Crippen molar-refractivity contribution in [1.82, 2.24) is 14.8 Å². The number of nitrogens with zero attached hydrogens (tertiary/aromatic N) is 2. The van der Waals surface area contributed by atoms with Crippen molar-refractivity contribution in [3.05, 3.63) is 36.0 Å². The lowest BCUT2D eigenvalue weighted by Crippen LogP contribution is -2.52. The molecule has 0 bridgehead atoms. The van der Waals surface area contributed by atoms with E-state index in [0.717, 1.165) is 16.5 Å². The summed E-state index contributed by atoms with van der Waals surface area (Å²) in [4.78, 5) is 19.4. The highest BCUT2D eigenvalue weighted by molar-refractivity contribution is 7.91. The standard InChI is InChI=1S/C18H23N3O4S/c22-18(23)17(15-11-19-16-4-2-1-3-14(15)16)21-8-6-20(7-9-21)13-5-10-26(24,25)12-13/h1-4,11,13,17,19H,5-10,12H2,(H,22,23). The molecule has 2 fully saturated rings. The van der Waals surface area contributed by atoms with Crippen molar-refractivity contribution in [2.45, 2.75) is 18.5 Å². The lowest BCUT2D eigenvalue weighted by Gasteiger charge is -2.39. The molecular formula is C18H23N3O4S. The topological polar surface area (TPSA) is 93.7 Å². The van der Waals surface area contributed by atoms with E-state index in [-0.39, 0.29) is 17.5 Å². The Hall–Kier alpha value is -1.90. The highest BCUT2D eigenvalue weighted by Gasteiger charge is 2.37. The van der Waals surface area contributed by atoms with Crippen LogP contribution < -0.4 is 0 Å². The fourth-order valence-corrected chi connectivity index (χ4v) is 5.99. The number of rotatable bonds is 4. The van der Waals surface area contributed by atoms with E-state index in [1.165, 1.54) is 0 Å². The molecule has 2 N–H and O–H groups in total. The summed E-state index contributed by atoms with van der Waals surface area (Å²) in [6.07, 6.45) is 2.48. The van der Waals surface area contributed by atoms with Crippen molar-refractivity contribution < 1.29 is 18.3 Å². The second-order valence-electron chi connectivity index (χ2n) is 7.16. The van der Waals surface area contributed by atoms with Gasteiger partial charge in [0.15, 0.2) is 9.84 Å². The molecule has 0 aliphatic carbocycles. The number of piperazine rings is 1. The van der Waals surface area contributed by atoms with Crippen molar-refractivity contribution in [1.29, 1.82) is 0 Å². The number of aliphatic carboxylic acids is 1. The highest BCUT2D eigenvalue weighted by Crippen LogP contribution is 2.30. The van der Waals surface area contributed by atoms with E-state index in [1.807, 2.05) is 29.2 Å². The van der Waals surface area contributed by atoms with Gasteiger partial charge in [0.1, 0.15) is 6.04 Å². The molecule has 2 aliphatic heterocycles. The molecule has 0 amide bonds. The van der Waals surface area contributed by atoms with E-state index in [0.29, 0.717) is 32.6 Å². The van der Waals surface area contributed by atoms with Gasteiger partial charge in [0, 0.05) is 54.9 Å². The zero-order chi connectivity index (χ0) is 18.3. The molecule has 1 aromatic carbocycles. The minimum atomic E-state index is -2.90. The molecule has 2 aliphatic rings. The summed E-state index contributed by atoms with van der Waals surface area (Å²) in [6.45, 7) is 2.64. The Kier molecular flexibility index (Phi) is 4.50. The van der Waals surface area contributed by atoms with Gasteiger partial charge in [-0.1, -0.05) is 18.2 Å². The first-order chi connectivity index (χ1) is 12.4. The smallest absolute Gasteiger partial charge is 0.325 e. The van der Waals surface area contributed by atoms with Crippen molar-refractivity contribution >= 4 is 26.7 Å². The van der Waals surface area contributed by atoms with Crippen LogP contribution in [0.1, 0.15) is 18.0 Å². The largest absolute Gasteiger partial charge is 0.480 e. The van der Waals surface area contributed by atoms with E-state index in [1.54, 1.807) is 6.20 Å². The predicted octanol–water partition coefficient (Wildman–Crippen LogP) is 1.10. The van der Waals surface area contributed by atoms with Gasteiger partial charge < -0.3 is 10.1 Å². The van der Waals surface area contributed by atoms with E-state index in [4.69, 9.17) is 0 Å². The van der Waals surface area contributed by atoms with Crippen LogP contribution in [0.5, 0.6) is 0 Å². The van der Waals surface area contributed by atoms with E-state index >= 15 is 0 Å². The Bertz CT molecular complexity index is 915. The van der Waals surface area contributed by atoms with Crippen molar-refractivity contribution in [3.8, 4) is 0 Å².